The summed E-state index contributed by atoms with van der Waals surface area (Å²) in [7, 11) is 0. The molecule has 1 aromatic carbocycles. The quantitative estimate of drug-likeness (QED) is 0.476. The zero-order chi connectivity index (χ0) is 24.4. The van der Waals surface area contributed by atoms with E-state index in [0.717, 1.165) is 32.4 Å². The first-order valence-corrected chi connectivity index (χ1v) is 11.1. The second kappa shape index (κ2) is 12.2. The van der Waals surface area contributed by atoms with Crippen LogP contribution in [0.4, 0.5) is 4.79 Å². The number of hydrazine groups is 1. The van der Waals surface area contributed by atoms with Gasteiger partial charge in [-0.15, -0.1) is 0 Å². The van der Waals surface area contributed by atoms with Crippen LogP contribution >= 0.6 is 0 Å². The average Bonchev–Trinajstić information content (AvgIpc) is 2.74. The number of carbonyl (C=O) groups excluding carboxylic acids is 3. The molecular weight excluding hydrogens is 430 g/mol. The molecule has 1 saturated heterocycles. The molecule has 1 heterocycles. The van der Waals surface area contributed by atoms with Gasteiger partial charge in [0.05, 0.1) is 6.42 Å². The van der Waals surface area contributed by atoms with E-state index in [1.165, 1.54) is 0 Å². The highest BCUT2D eigenvalue weighted by Crippen LogP contribution is 2.22. The maximum atomic E-state index is 12.4. The number of carbonyl (C=O) groups is 4. The Hall–Kier alpha value is -3.14. The smallest absolute Gasteiger partial charge is 0.408 e. The molecule has 0 saturated carbocycles. The van der Waals surface area contributed by atoms with Gasteiger partial charge in [0.2, 0.25) is 12.0 Å². The first kappa shape index (κ1) is 26.1. The van der Waals surface area contributed by atoms with Crippen molar-refractivity contribution in [2.75, 3.05) is 13.1 Å². The number of aliphatic carboxylic acids is 1. The molecule has 3 N–H and O–H groups in total. The summed E-state index contributed by atoms with van der Waals surface area (Å²) in [6.07, 6.45) is 0.114. The van der Waals surface area contributed by atoms with Crippen LogP contribution in [0.15, 0.2) is 30.3 Å². The van der Waals surface area contributed by atoms with Crippen LogP contribution in [0.5, 0.6) is 0 Å². The first-order chi connectivity index (χ1) is 15.5. The van der Waals surface area contributed by atoms with E-state index in [0.29, 0.717) is 5.56 Å². The number of nitrogens with zero attached hydrogens (tertiary/aromatic N) is 1. The lowest BCUT2D eigenvalue weighted by molar-refractivity contribution is -0.166. The molecule has 1 aromatic rings. The minimum atomic E-state index is -1.71. The van der Waals surface area contributed by atoms with Gasteiger partial charge in [0.15, 0.2) is 0 Å². The second-order valence-corrected chi connectivity index (χ2v) is 8.87. The number of carboxylic acids is 1. The fraction of sp³-hybridized carbons (Fsp3) is 0.565. The van der Waals surface area contributed by atoms with Crippen LogP contribution in [0, 0.1) is 0 Å². The number of benzene rings is 1. The molecule has 10 nitrogen and oxygen atoms in total. The largest absolute Gasteiger partial charge is 0.478 e. The molecule has 1 aliphatic heterocycles. The van der Waals surface area contributed by atoms with Gasteiger partial charge in [-0.3, -0.25) is 15.0 Å². The molecule has 2 unspecified atom stereocenters. The molecule has 2 amide bonds. The molecule has 182 valence electrons. The zero-order valence-corrected chi connectivity index (χ0v) is 19.3. The third-order valence-corrected chi connectivity index (χ3v) is 4.83. The summed E-state index contributed by atoms with van der Waals surface area (Å²) in [4.78, 5) is 48.8. The van der Waals surface area contributed by atoms with Gasteiger partial charge in [0.1, 0.15) is 11.6 Å². The second-order valence-electron chi connectivity index (χ2n) is 8.87. The minimum Gasteiger partial charge on any atom is -0.478 e. The Balaban J connectivity index is 2.03. The van der Waals surface area contributed by atoms with Crippen molar-refractivity contribution in [1.82, 2.24) is 15.8 Å². The van der Waals surface area contributed by atoms with E-state index >= 15 is 0 Å². The van der Waals surface area contributed by atoms with Gasteiger partial charge in [-0.05, 0) is 39.2 Å². The van der Waals surface area contributed by atoms with E-state index in [9.17, 15) is 24.3 Å². The Bertz CT molecular complexity index is 817. The van der Waals surface area contributed by atoms with E-state index in [4.69, 9.17) is 9.47 Å². The first-order valence-electron chi connectivity index (χ1n) is 11.1. The van der Waals surface area contributed by atoms with Crippen molar-refractivity contribution < 1.29 is 33.8 Å². The van der Waals surface area contributed by atoms with Crippen LogP contribution in [0.25, 0.3) is 0 Å². The highest BCUT2D eigenvalue weighted by Gasteiger charge is 2.35. The van der Waals surface area contributed by atoms with Crippen LogP contribution < -0.4 is 10.7 Å². The Morgan fingerprint density at radius 3 is 2.24 bits per heavy atom. The standard InChI is InChI=1S/C23H33N3O7/c1-23(2,3)33-22(31)24-19(16-10-6-4-7-11-16)20(21(29)30)32-18(28)13-12-17(27)25-26-14-8-5-9-15-26/h4,6-7,10-11,19-20H,5,8-9,12-15H2,1-3H3,(H,24,31)(H,25,27)(H,29,30). The molecule has 2 rings (SSSR count). The lowest BCUT2D eigenvalue weighted by Gasteiger charge is -2.28. The van der Waals surface area contributed by atoms with E-state index < -0.39 is 35.8 Å². The average molecular weight is 464 g/mol. The number of amides is 2. The van der Waals surface area contributed by atoms with E-state index in [1.54, 1.807) is 51.1 Å². The molecule has 10 heteroatoms. The number of hydrogen-bond acceptors (Lipinski definition) is 7. The summed E-state index contributed by atoms with van der Waals surface area (Å²) >= 11 is 0. The van der Waals surface area contributed by atoms with E-state index in [-0.39, 0.29) is 18.7 Å². The molecule has 1 aliphatic rings. The Morgan fingerprint density at radius 2 is 1.67 bits per heavy atom. The number of carboxylic acid groups (broad SMARTS) is 1. The summed E-state index contributed by atoms with van der Waals surface area (Å²) in [6.45, 7) is 6.54. The summed E-state index contributed by atoms with van der Waals surface area (Å²) in [5.74, 6) is -2.64. The van der Waals surface area contributed by atoms with Crippen LogP contribution in [0.2, 0.25) is 0 Å². The fourth-order valence-corrected chi connectivity index (χ4v) is 3.34. The van der Waals surface area contributed by atoms with Crippen molar-refractivity contribution in [2.24, 2.45) is 0 Å². The van der Waals surface area contributed by atoms with Crippen molar-refractivity contribution in [1.29, 1.82) is 0 Å². The van der Waals surface area contributed by atoms with Gasteiger partial charge in [-0.2, -0.15) is 0 Å². The Labute approximate surface area is 193 Å². The fourth-order valence-electron chi connectivity index (χ4n) is 3.34. The van der Waals surface area contributed by atoms with E-state index in [2.05, 4.69) is 10.7 Å². The lowest BCUT2D eigenvalue weighted by Crippen LogP contribution is -2.45. The maximum absolute atomic E-state index is 12.4. The van der Waals surface area contributed by atoms with Crippen LogP contribution in [0.1, 0.15) is 64.5 Å². The van der Waals surface area contributed by atoms with Crippen molar-refractivity contribution in [2.45, 2.75) is 70.6 Å². The minimum absolute atomic E-state index is 0.142. The SMILES string of the molecule is CC(C)(C)OC(=O)NC(c1ccccc1)C(OC(=O)CCC(=O)NN1CCCCC1)C(=O)O. The summed E-state index contributed by atoms with van der Waals surface area (Å²) in [6, 6.07) is 7.10. The van der Waals surface area contributed by atoms with Gasteiger partial charge in [-0.25, -0.2) is 14.6 Å². The van der Waals surface area contributed by atoms with Crippen molar-refractivity contribution in [3.63, 3.8) is 0 Å². The predicted molar refractivity (Wildman–Crippen MR) is 119 cm³/mol. The van der Waals surface area contributed by atoms with Gasteiger partial charge in [0.25, 0.3) is 0 Å². The lowest BCUT2D eigenvalue weighted by atomic mass is 10.0. The van der Waals surface area contributed by atoms with Gasteiger partial charge < -0.3 is 19.9 Å². The monoisotopic (exact) mass is 463 g/mol. The number of ether oxygens (including phenoxy) is 2. The summed E-state index contributed by atoms with van der Waals surface area (Å²) in [5, 5.41) is 14.0. The van der Waals surface area contributed by atoms with Crippen molar-refractivity contribution in [3.8, 4) is 0 Å². The molecule has 0 bridgehead atoms. The van der Waals surface area contributed by atoms with Crippen LogP contribution in [0.3, 0.4) is 0 Å². The number of rotatable bonds is 9. The highest BCUT2D eigenvalue weighted by atomic mass is 16.6. The Morgan fingerprint density at radius 1 is 1.03 bits per heavy atom. The van der Waals surface area contributed by atoms with Crippen LogP contribution in [-0.4, -0.2) is 58.8 Å². The van der Waals surface area contributed by atoms with E-state index in [1.807, 2.05) is 5.01 Å². The molecule has 0 aliphatic carbocycles. The number of hydrogen-bond donors (Lipinski definition) is 3. The van der Waals surface area contributed by atoms with Crippen LogP contribution in [-0.2, 0) is 23.9 Å². The molecular formula is C23H33N3O7. The third-order valence-electron chi connectivity index (χ3n) is 4.83. The molecule has 0 spiro atoms. The number of piperidine rings is 1. The number of nitrogens with one attached hydrogen (secondary N) is 2. The maximum Gasteiger partial charge on any atom is 0.408 e. The Kier molecular flexibility index (Phi) is 9.65. The zero-order valence-electron chi connectivity index (χ0n) is 19.3. The molecule has 0 aromatic heterocycles. The summed E-state index contributed by atoms with van der Waals surface area (Å²) in [5.41, 5.74) is 2.36. The van der Waals surface area contributed by atoms with Gasteiger partial charge in [0, 0.05) is 19.5 Å². The molecule has 0 radical (unpaired) electrons. The predicted octanol–water partition coefficient (Wildman–Crippen LogP) is 2.55. The summed E-state index contributed by atoms with van der Waals surface area (Å²) < 4.78 is 10.4. The topological polar surface area (TPSA) is 134 Å². The molecule has 33 heavy (non-hydrogen) atoms. The number of esters is 1. The van der Waals surface area contributed by atoms with Gasteiger partial charge >= 0.3 is 18.0 Å². The van der Waals surface area contributed by atoms with Crippen molar-refractivity contribution in [3.05, 3.63) is 35.9 Å². The highest BCUT2D eigenvalue weighted by molar-refractivity contribution is 5.83. The molecule has 1 fully saturated rings. The van der Waals surface area contributed by atoms with Gasteiger partial charge in [-0.1, -0.05) is 36.8 Å². The third kappa shape index (κ3) is 9.48. The normalized spacial score (nSPS) is 16.2. The number of alkyl carbamates (subject to hydrolysis) is 1. The molecule has 2 atom stereocenters. The van der Waals surface area contributed by atoms with Crippen molar-refractivity contribution >= 4 is 23.9 Å².